The van der Waals surface area contributed by atoms with Crippen LogP contribution in [0, 0.1) is 13.8 Å². The van der Waals surface area contributed by atoms with Gasteiger partial charge in [0.1, 0.15) is 0 Å². The molecule has 1 aromatic carbocycles. The van der Waals surface area contributed by atoms with Crippen molar-refractivity contribution in [3.05, 3.63) is 59.7 Å². The Labute approximate surface area is 141 Å². The minimum atomic E-state index is 0.461. The zero-order valence-electron chi connectivity index (χ0n) is 14.1. The second-order valence-corrected chi connectivity index (χ2v) is 6.54. The van der Waals surface area contributed by atoms with Gasteiger partial charge >= 0.3 is 0 Å². The van der Waals surface area contributed by atoms with Crippen LogP contribution in [0.4, 0.5) is 0 Å². The van der Waals surface area contributed by atoms with Gasteiger partial charge in [0, 0.05) is 25.3 Å². The zero-order valence-corrected chi connectivity index (χ0v) is 14.1. The molecule has 0 aliphatic carbocycles. The van der Waals surface area contributed by atoms with Crippen molar-refractivity contribution in [1.29, 1.82) is 0 Å². The summed E-state index contributed by atoms with van der Waals surface area (Å²) in [6.07, 6.45) is 3.15. The fraction of sp³-hybridized carbons (Fsp3) is 0.389. The molecule has 0 unspecified atom stereocenters. The Balaban J connectivity index is 1.42. The van der Waals surface area contributed by atoms with Gasteiger partial charge in [-0.25, -0.2) is 4.68 Å². The maximum atomic E-state index is 4.64. The van der Waals surface area contributed by atoms with Crippen LogP contribution in [0.5, 0.6) is 0 Å². The van der Waals surface area contributed by atoms with Crippen molar-refractivity contribution >= 4 is 0 Å². The molecule has 0 radical (unpaired) electrons. The minimum Gasteiger partial charge on any atom is -0.295 e. The summed E-state index contributed by atoms with van der Waals surface area (Å²) < 4.78 is 4.01. The monoisotopic (exact) mass is 322 g/mol. The standard InChI is InChI=1S/C18H22N6/c1-14-10-15(2)24(20-14)18-8-9-22(13-18)11-16-12-23(21-19-16)17-6-4-3-5-7-17/h3-7,10,12,18H,8-9,11,13H2,1-2H3/t18-/m0/s1. The second-order valence-electron chi connectivity index (χ2n) is 6.54. The topological polar surface area (TPSA) is 51.8 Å². The highest BCUT2D eigenvalue weighted by atomic mass is 15.4. The third-order valence-corrected chi connectivity index (χ3v) is 4.59. The van der Waals surface area contributed by atoms with Crippen LogP contribution in [-0.4, -0.2) is 42.8 Å². The van der Waals surface area contributed by atoms with Gasteiger partial charge in [-0.3, -0.25) is 9.58 Å². The van der Waals surface area contributed by atoms with Crippen molar-refractivity contribution in [3.63, 3.8) is 0 Å². The van der Waals surface area contributed by atoms with E-state index in [0.29, 0.717) is 6.04 Å². The number of aryl methyl sites for hydroxylation is 2. The molecule has 2 aromatic heterocycles. The summed E-state index contributed by atoms with van der Waals surface area (Å²) in [5.74, 6) is 0. The highest BCUT2D eigenvalue weighted by Gasteiger charge is 2.26. The number of nitrogens with zero attached hydrogens (tertiary/aromatic N) is 6. The highest BCUT2D eigenvalue weighted by Crippen LogP contribution is 2.24. The molecule has 1 aliphatic rings. The summed E-state index contributed by atoms with van der Waals surface area (Å²) in [5, 5.41) is 13.2. The smallest absolute Gasteiger partial charge is 0.0971 e. The number of rotatable bonds is 4. The normalized spacial score (nSPS) is 18.3. The Kier molecular flexibility index (Phi) is 3.90. The molecular formula is C18H22N6. The fourth-order valence-electron chi connectivity index (χ4n) is 3.48. The van der Waals surface area contributed by atoms with Gasteiger partial charge in [0.15, 0.2) is 0 Å². The third-order valence-electron chi connectivity index (χ3n) is 4.59. The van der Waals surface area contributed by atoms with Crippen molar-refractivity contribution in [2.24, 2.45) is 0 Å². The fourth-order valence-corrected chi connectivity index (χ4v) is 3.48. The van der Waals surface area contributed by atoms with E-state index in [1.165, 1.54) is 5.69 Å². The van der Waals surface area contributed by atoms with E-state index in [-0.39, 0.29) is 0 Å². The summed E-state index contributed by atoms with van der Waals surface area (Å²) in [4.78, 5) is 2.43. The van der Waals surface area contributed by atoms with Crippen LogP contribution in [0.1, 0.15) is 29.5 Å². The van der Waals surface area contributed by atoms with Crippen LogP contribution in [0.2, 0.25) is 0 Å². The van der Waals surface area contributed by atoms with Gasteiger partial charge in [-0.1, -0.05) is 23.4 Å². The number of benzene rings is 1. The van der Waals surface area contributed by atoms with Crippen LogP contribution in [-0.2, 0) is 6.54 Å². The lowest BCUT2D eigenvalue weighted by Gasteiger charge is -2.15. The molecule has 1 atom stereocenters. The van der Waals surface area contributed by atoms with Crippen LogP contribution >= 0.6 is 0 Å². The Hall–Kier alpha value is -2.47. The molecule has 6 heteroatoms. The maximum Gasteiger partial charge on any atom is 0.0971 e. The Morgan fingerprint density at radius 2 is 2.00 bits per heavy atom. The molecule has 6 nitrogen and oxygen atoms in total. The molecule has 3 heterocycles. The lowest BCUT2D eigenvalue weighted by molar-refractivity contribution is 0.307. The van der Waals surface area contributed by atoms with Crippen LogP contribution in [0.25, 0.3) is 5.69 Å². The molecule has 124 valence electrons. The number of hydrogen-bond donors (Lipinski definition) is 0. The van der Waals surface area contributed by atoms with E-state index in [9.17, 15) is 0 Å². The molecule has 1 aliphatic heterocycles. The van der Waals surface area contributed by atoms with Gasteiger partial charge in [-0.05, 0) is 38.5 Å². The molecule has 24 heavy (non-hydrogen) atoms. The van der Waals surface area contributed by atoms with Crippen molar-refractivity contribution in [1.82, 2.24) is 29.7 Å². The van der Waals surface area contributed by atoms with Gasteiger partial charge < -0.3 is 0 Å². The van der Waals surface area contributed by atoms with Gasteiger partial charge in [-0.2, -0.15) is 5.10 Å². The first-order chi connectivity index (χ1) is 11.7. The first kappa shape index (κ1) is 15.1. The summed E-state index contributed by atoms with van der Waals surface area (Å²) in [7, 11) is 0. The number of likely N-dealkylation sites (tertiary alicyclic amines) is 1. The van der Waals surface area contributed by atoms with E-state index in [1.54, 1.807) is 0 Å². The Morgan fingerprint density at radius 1 is 1.17 bits per heavy atom. The molecular weight excluding hydrogens is 300 g/mol. The number of aromatic nitrogens is 5. The number of hydrogen-bond acceptors (Lipinski definition) is 4. The molecule has 4 rings (SSSR count). The van der Waals surface area contributed by atoms with Gasteiger partial charge in [0.05, 0.1) is 29.3 Å². The minimum absolute atomic E-state index is 0.461. The van der Waals surface area contributed by atoms with E-state index >= 15 is 0 Å². The first-order valence-electron chi connectivity index (χ1n) is 8.41. The predicted octanol–water partition coefficient (Wildman–Crippen LogP) is 2.53. The molecule has 0 bridgehead atoms. The summed E-state index contributed by atoms with van der Waals surface area (Å²) in [6.45, 7) is 7.11. The van der Waals surface area contributed by atoms with Gasteiger partial charge in [0.25, 0.3) is 0 Å². The third kappa shape index (κ3) is 2.97. The zero-order chi connectivity index (χ0) is 16.5. The first-order valence-corrected chi connectivity index (χ1v) is 8.41. The Morgan fingerprint density at radius 3 is 2.75 bits per heavy atom. The Bertz CT molecular complexity index is 819. The molecule has 3 aromatic rings. The van der Waals surface area contributed by atoms with E-state index in [0.717, 1.165) is 43.1 Å². The highest BCUT2D eigenvalue weighted by molar-refractivity contribution is 5.29. The average Bonchev–Trinajstić information content (AvgIpc) is 3.29. The SMILES string of the molecule is Cc1cc(C)n([C@H]2CCN(Cc3cn(-c4ccccc4)nn3)C2)n1. The van der Waals surface area contributed by atoms with Crippen LogP contribution in [0.3, 0.4) is 0 Å². The van der Waals surface area contributed by atoms with Gasteiger partial charge in [-0.15, -0.1) is 5.10 Å². The van der Waals surface area contributed by atoms with Crippen LogP contribution in [0.15, 0.2) is 42.6 Å². The summed E-state index contributed by atoms with van der Waals surface area (Å²) in [6, 6.07) is 12.7. The molecule has 0 saturated carbocycles. The van der Waals surface area contributed by atoms with Gasteiger partial charge in [0.2, 0.25) is 0 Å². The predicted molar refractivity (Wildman–Crippen MR) is 92.0 cm³/mol. The van der Waals surface area contributed by atoms with Crippen molar-refractivity contribution in [3.8, 4) is 5.69 Å². The molecule has 1 saturated heterocycles. The van der Waals surface area contributed by atoms with Crippen molar-refractivity contribution in [2.45, 2.75) is 32.9 Å². The summed E-state index contributed by atoms with van der Waals surface area (Å²) >= 11 is 0. The molecule has 1 fully saturated rings. The quantitative estimate of drug-likeness (QED) is 0.741. The second kappa shape index (κ2) is 6.20. The largest absolute Gasteiger partial charge is 0.295 e. The average molecular weight is 322 g/mol. The molecule has 0 spiro atoms. The van der Waals surface area contributed by atoms with Crippen molar-refractivity contribution in [2.75, 3.05) is 13.1 Å². The van der Waals surface area contributed by atoms with Crippen LogP contribution < -0.4 is 0 Å². The van der Waals surface area contributed by atoms with E-state index in [1.807, 2.05) is 41.2 Å². The van der Waals surface area contributed by atoms with Crippen molar-refractivity contribution < 1.29 is 0 Å². The molecule has 0 N–H and O–H groups in total. The van der Waals surface area contributed by atoms with E-state index in [4.69, 9.17) is 0 Å². The lowest BCUT2D eigenvalue weighted by Crippen LogP contribution is -2.22. The van der Waals surface area contributed by atoms with E-state index < -0.39 is 0 Å². The maximum absolute atomic E-state index is 4.64. The number of para-hydroxylation sites is 1. The lowest BCUT2D eigenvalue weighted by atomic mass is 10.2. The summed E-state index contributed by atoms with van der Waals surface area (Å²) in [5.41, 5.74) is 4.39. The van der Waals surface area contributed by atoms with E-state index in [2.05, 4.69) is 44.9 Å². The molecule has 0 amide bonds.